The maximum Gasteiger partial charge on any atom is 0.254 e. The molecule has 1 amide bonds. The third kappa shape index (κ3) is 4.88. The van der Waals surface area contributed by atoms with E-state index in [1.54, 1.807) is 41.3 Å². The summed E-state index contributed by atoms with van der Waals surface area (Å²) >= 11 is 0. The van der Waals surface area contributed by atoms with Crippen LogP contribution in [0.5, 0.6) is 5.75 Å². The number of hydrogen-bond donors (Lipinski definition) is 0. The number of ether oxygens (including phenoxy) is 2. The van der Waals surface area contributed by atoms with Crippen LogP contribution in [0, 0.1) is 11.3 Å². The number of nitriles is 1. The molecular weight excluding hydrogens is 380 g/mol. The van der Waals surface area contributed by atoms with E-state index >= 15 is 0 Å². The summed E-state index contributed by atoms with van der Waals surface area (Å²) in [7, 11) is -3.27. The Morgan fingerprint density at radius 3 is 2.46 bits per heavy atom. The van der Waals surface area contributed by atoms with Crippen molar-refractivity contribution in [2.24, 2.45) is 0 Å². The minimum atomic E-state index is -3.27. The Morgan fingerprint density at radius 2 is 1.86 bits per heavy atom. The number of rotatable bonds is 4. The zero-order valence-electron chi connectivity index (χ0n) is 15.4. The van der Waals surface area contributed by atoms with Gasteiger partial charge in [-0.15, -0.1) is 0 Å². The number of sulfone groups is 1. The van der Waals surface area contributed by atoms with Gasteiger partial charge in [0.25, 0.3) is 5.91 Å². The molecule has 3 rings (SSSR count). The van der Waals surface area contributed by atoms with E-state index in [0.29, 0.717) is 43.2 Å². The summed E-state index contributed by atoms with van der Waals surface area (Å²) in [6.45, 7) is 1.50. The van der Waals surface area contributed by atoms with Gasteiger partial charge in [-0.25, -0.2) is 8.42 Å². The van der Waals surface area contributed by atoms with Crippen LogP contribution in [0.3, 0.4) is 0 Å². The third-order valence-electron chi connectivity index (χ3n) is 4.34. The highest BCUT2D eigenvalue weighted by Crippen LogP contribution is 2.19. The molecule has 0 bridgehead atoms. The van der Waals surface area contributed by atoms with Gasteiger partial charge < -0.3 is 14.4 Å². The second-order valence-electron chi connectivity index (χ2n) is 6.50. The smallest absolute Gasteiger partial charge is 0.254 e. The number of amides is 1. The van der Waals surface area contributed by atoms with Crippen LogP contribution < -0.4 is 4.74 Å². The first kappa shape index (κ1) is 19.9. The lowest BCUT2D eigenvalue weighted by Gasteiger charge is -2.24. The van der Waals surface area contributed by atoms with Crippen molar-refractivity contribution in [1.82, 2.24) is 4.90 Å². The van der Waals surface area contributed by atoms with E-state index in [-0.39, 0.29) is 16.9 Å². The Bertz CT molecular complexity index is 979. The van der Waals surface area contributed by atoms with Crippen molar-refractivity contribution in [3.05, 3.63) is 59.7 Å². The van der Waals surface area contributed by atoms with E-state index in [0.717, 1.165) is 6.26 Å². The van der Waals surface area contributed by atoms with Crippen molar-refractivity contribution in [2.45, 2.75) is 11.0 Å². The molecule has 0 radical (unpaired) electrons. The largest absolute Gasteiger partial charge is 0.486 e. The predicted octanol–water partition coefficient (Wildman–Crippen LogP) is 1.88. The molecule has 0 unspecified atom stereocenters. The number of carbonyl (C=O) groups excluding carboxylic acids is 1. The summed E-state index contributed by atoms with van der Waals surface area (Å²) in [5, 5.41) is 8.88. The molecule has 0 aliphatic carbocycles. The molecule has 1 aliphatic heterocycles. The Labute approximate surface area is 164 Å². The van der Waals surface area contributed by atoms with Crippen LogP contribution in [-0.2, 0) is 14.6 Å². The maximum atomic E-state index is 12.8. The molecule has 0 N–H and O–H groups in total. The molecule has 1 aliphatic rings. The van der Waals surface area contributed by atoms with Crippen LogP contribution in [0.1, 0.15) is 15.9 Å². The summed E-state index contributed by atoms with van der Waals surface area (Å²) in [6, 6.07) is 14.7. The van der Waals surface area contributed by atoms with Crippen molar-refractivity contribution < 1.29 is 22.7 Å². The lowest BCUT2D eigenvalue weighted by Crippen LogP contribution is -2.40. The zero-order chi connectivity index (χ0) is 20.1. The normalized spacial score (nSPS) is 17.4. The lowest BCUT2D eigenvalue weighted by molar-refractivity contribution is 0.0652. The van der Waals surface area contributed by atoms with Gasteiger partial charge in [-0.3, -0.25) is 4.79 Å². The van der Waals surface area contributed by atoms with Gasteiger partial charge in [0.1, 0.15) is 11.9 Å². The summed E-state index contributed by atoms with van der Waals surface area (Å²) < 4.78 is 34.6. The molecule has 1 fully saturated rings. The van der Waals surface area contributed by atoms with Gasteiger partial charge >= 0.3 is 0 Å². The average molecular weight is 400 g/mol. The van der Waals surface area contributed by atoms with Gasteiger partial charge in [-0.1, -0.05) is 0 Å². The molecule has 146 valence electrons. The number of benzene rings is 2. The van der Waals surface area contributed by atoms with Gasteiger partial charge in [0, 0.05) is 18.4 Å². The summed E-state index contributed by atoms with van der Waals surface area (Å²) in [4.78, 5) is 14.6. The van der Waals surface area contributed by atoms with Gasteiger partial charge in [-0.05, 0) is 48.5 Å². The monoisotopic (exact) mass is 400 g/mol. The van der Waals surface area contributed by atoms with Crippen LogP contribution in [0.25, 0.3) is 0 Å². The minimum Gasteiger partial charge on any atom is -0.486 e. The summed E-state index contributed by atoms with van der Waals surface area (Å²) in [5.74, 6) is 0.352. The molecule has 1 saturated heterocycles. The van der Waals surface area contributed by atoms with Crippen molar-refractivity contribution >= 4 is 15.7 Å². The molecule has 1 heterocycles. The van der Waals surface area contributed by atoms with Crippen molar-refractivity contribution in [3.63, 3.8) is 0 Å². The van der Waals surface area contributed by atoms with E-state index < -0.39 is 9.84 Å². The first-order valence-electron chi connectivity index (χ1n) is 8.71. The number of nitrogens with zero attached hydrogens (tertiary/aromatic N) is 2. The summed E-state index contributed by atoms with van der Waals surface area (Å²) in [6.07, 6.45) is 0.767. The Hall–Kier alpha value is -2.89. The number of carbonyl (C=O) groups is 1. The van der Waals surface area contributed by atoms with Gasteiger partial charge in [0.2, 0.25) is 0 Å². The highest BCUT2D eigenvalue weighted by molar-refractivity contribution is 7.90. The second-order valence-corrected chi connectivity index (χ2v) is 8.51. The van der Waals surface area contributed by atoms with E-state index in [1.165, 1.54) is 12.1 Å². The minimum absolute atomic E-state index is 0.156. The van der Waals surface area contributed by atoms with Crippen molar-refractivity contribution in [3.8, 4) is 11.8 Å². The van der Waals surface area contributed by atoms with Crippen molar-refractivity contribution in [2.75, 3.05) is 32.6 Å². The van der Waals surface area contributed by atoms with E-state index in [1.807, 2.05) is 6.07 Å². The fourth-order valence-corrected chi connectivity index (χ4v) is 3.49. The quantitative estimate of drug-likeness (QED) is 0.777. The van der Waals surface area contributed by atoms with Gasteiger partial charge in [0.05, 0.1) is 36.3 Å². The third-order valence-corrected chi connectivity index (χ3v) is 5.46. The van der Waals surface area contributed by atoms with Crippen LogP contribution in [0.15, 0.2) is 53.4 Å². The molecule has 2 aromatic rings. The van der Waals surface area contributed by atoms with Gasteiger partial charge in [0.15, 0.2) is 9.84 Å². The van der Waals surface area contributed by atoms with Crippen molar-refractivity contribution in [1.29, 1.82) is 5.26 Å². The molecule has 0 saturated carbocycles. The molecule has 8 heteroatoms. The Balaban J connectivity index is 1.69. The van der Waals surface area contributed by atoms with Crippen LogP contribution >= 0.6 is 0 Å². The lowest BCUT2D eigenvalue weighted by atomic mass is 10.1. The molecule has 7 nitrogen and oxygen atoms in total. The first-order valence-corrected chi connectivity index (χ1v) is 10.6. The Kier molecular flexibility index (Phi) is 5.97. The van der Waals surface area contributed by atoms with E-state index in [9.17, 15) is 13.2 Å². The molecular formula is C20H20N2O5S. The Morgan fingerprint density at radius 1 is 1.18 bits per heavy atom. The molecule has 28 heavy (non-hydrogen) atoms. The highest BCUT2D eigenvalue weighted by atomic mass is 32.2. The molecule has 1 atom stereocenters. The van der Waals surface area contributed by atoms with E-state index in [4.69, 9.17) is 14.7 Å². The molecule has 2 aromatic carbocycles. The number of hydrogen-bond acceptors (Lipinski definition) is 6. The fourth-order valence-electron chi connectivity index (χ4n) is 2.86. The van der Waals surface area contributed by atoms with Gasteiger partial charge in [-0.2, -0.15) is 5.26 Å². The molecule has 0 aromatic heterocycles. The van der Waals surface area contributed by atoms with E-state index in [2.05, 4.69) is 0 Å². The summed E-state index contributed by atoms with van der Waals surface area (Å²) in [5.41, 5.74) is 0.992. The second kappa shape index (κ2) is 8.42. The SMILES string of the molecule is CS(=O)(=O)c1ccc(O[C@H]2COCCN(C(=O)c3ccc(C#N)cc3)C2)cc1. The van der Waals surface area contributed by atoms with Crippen LogP contribution in [0.2, 0.25) is 0 Å². The fraction of sp³-hybridized carbons (Fsp3) is 0.300. The average Bonchev–Trinajstić information content (AvgIpc) is 2.93. The topological polar surface area (TPSA) is 96.7 Å². The standard InChI is InChI=1S/C20H20N2O5S/c1-28(24,25)19-8-6-17(7-9-19)27-18-13-22(10-11-26-14-18)20(23)16-4-2-15(12-21)3-5-16/h2-9,18H,10-11,13-14H2,1H3/t18-/m1/s1. The first-order chi connectivity index (χ1) is 13.4. The molecule has 0 spiro atoms. The zero-order valence-corrected chi connectivity index (χ0v) is 16.2. The van der Waals surface area contributed by atoms with Crippen LogP contribution in [-0.4, -0.2) is 57.9 Å². The predicted molar refractivity (Wildman–Crippen MR) is 102 cm³/mol. The van der Waals surface area contributed by atoms with Crippen LogP contribution in [0.4, 0.5) is 0 Å². The maximum absolute atomic E-state index is 12.8. The highest BCUT2D eigenvalue weighted by Gasteiger charge is 2.24.